The molecule has 2 N–H and O–H groups in total. The number of nitrogens with one attached hydrogen (secondary N) is 1. The molecule has 1 aromatic carbocycles. The smallest absolute Gasteiger partial charge is 0.387 e. The zero-order chi connectivity index (χ0) is 20.9. The summed E-state index contributed by atoms with van der Waals surface area (Å²) in [7, 11) is 0. The average Bonchev–Trinajstić information content (AvgIpc) is 2.55. The molecule has 0 bridgehead atoms. The van der Waals surface area contributed by atoms with Crippen LogP contribution in [0.3, 0.4) is 0 Å². The van der Waals surface area contributed by atoms with Crippen molar-refractivity contribution in [1.82, 2.24) is 5.32 Å². The average molecular weight is 413 g/mol. The molecule has 0 heterocycles. The SMILES string of the molecule is O=C(CC(O)C1CC(F)(F)C1)N/C(=C/OC(F)F)c1cccc(OC(F)F)c1. The molecule has 0 spiro atoms. The van der Waals surface area contributed by atoms with Gasteiger partial charge in [0.15, 0.2) is 0 Å². The Bertz CT molecular complexity index is 705. The molecule has 1 unspecified atom stereocenters. The molecule has 5 nitrogen and oxygen atoms in total. The van der Waals surface area contributed by atoms with Crippen LogP contribution in [0.15, 0.2) is 30.5 Å². The molecular formula is C17H17F6NO4. The minimum Gasteiger partial charge on any atom is -0.441 e. The highest BCUT2D eigenvalue weighted by Gasteiger charge is 2.48. The number of benzene rings is 1. The van der Waals surface area contributed by atoms with Crippen LogP contribution in [0.25, 0.3) is 5.70 Å². The van der Waals surface area contributed by atoms with Crippen LogP contribution in [0.1, 0.15) is 24.8 Å². The first-order valence-corrected chi connectivity index (χ1v) is 8.10. The van der Waals surface area contributed by atoms with Crippen molar-refractivity contribution >= 4 is 11.6 Å². The largest absolute Gasteiger partial charge is 0.441 e. The van der Waals surface area contributed by atoms with Crippen LogP contribution >= 0.6 is 0 Å². The number of carbonyl (C=O) groups excluding carboxylic acids is 1. The third-order valence-corrected chi connectivity index (χ3v) is 3.99. The van der Waals surface area contributed by atoms with Gasteiger partial charge in [-0.25, -0.2) is 8.78 Å². The molecule has 2 rings (SSSR count). The zero-order valence-electron chi connectivity index (χ0n) is 14.3. The van der Waals surface area contributed by atoms with E-state index < -0.39 is 56.3 Å². The molecule has 1 aliphatic rings. The number of hydrogen-bond donors (Lipinski definition) is 2. The Kier molecular flexibility index (Phi) is 7.17. The van der Waals surface area contributed by atoms with Crippen molar-refractivity contribution in [2.24, 2.45) is 5.92 Å². The Balaban J connectivity index is 2.07. The molecule has 1 amide bonds. The number of aliphatic hydroxyl groups is 1. The van der Waals surface area contributed by atoms with Crippen molar-refractivity contribution in [2.45, 2.75) is 44.5 Å². The Morgan fingerprint density at radius 2 is 1.93 bits per heavy atom. The fraction of sp³-hybridized carbons (Fsp3) is 0.471. The summed E-state index contributed by atoms with van der Waals surface area (Å²) < 4.78 is 83.2. The maximum atomic E-state index is 12.8. The van der Waals surface area contributed by atoms with Crippen LogP contribution in [0.5, 0.6) is 5.75 Å². The van der Waals surface area contributed by atoms with E-state index in [0.29, 0.717) is 6.26 Å². The highest BCUT2D eigenvalue weighted by molar-refractivity contribution is 5.87. The first-order valence-electron chi connectivity index (χ1n) is 8.10. The number of halogens is 6. The van der Waals surface area contributed by atoms with Crippen molar-refractivity contribution in [3.05, 3.63) is 36.1 Å². The third kappa shape index (κ3) is 6.63. The van der Waals surface area contributed by atoms with Crippen LogP contribution in [-0.2, 0) is 9.53 Å². The fourth-order valence-corrected chi connectivity index (χ4v) is 2.67. The number of amides is 1. The zero-order valence-corrected chi connectivity index (χ0v) is 14.3. The van der Waals surface area contributed by atoms with E-state index in [0.717, 1.165) is 6.07 Å². The Labute approximate surface area is 155 Å². The highest BCUT2D eigenvalue weighted by Crippen LogP contribution is 2.44. The number of rotatable bonds is 9. The van der Waals surface area contributed by atoms with Gasteiger partial charge in [0, 0.05) is 18.4 Å². The van der Waals surface area contributed by atoms with Crippen molar-refractivity contribution in [2.75, 3.05) is 0 Å². The second-order valence-corrected chi connectivity index (χ2v) is 6.18. The molecule has 28 heavy (non-hydrogen) atoms. The van der Waals surface area contributed by atoms with Crippen LogP contribution in [0.2, 0.25) is 0 Å². The minimum absolute atomic E-state index is 0.0109. The minimum atomic E-state index is -3.21. The van der Waals surface area contributed by atoms with E-state index in [1.807, 2.05) is 0 Å². The summed E-state index contributed by atoms with van der Waals surface area (Å²) >= 11 is 0. The van der Waals surface area contributed by atoms with Gasteiger partial charge in [-0.05, 0) is 18.1 Å². The fourth-order valence-electron chi connectivity index (χ4n) is 2.67. The molecule has 1 fully saturated rings. The monoisotopic (exact) mass is 413 g/mol. The molecule has 0 saturated heterocycles. The lowest BCUT2D eigenvalue weighted by Gasteiger charge is -2.37. The number of ether oxygens (including phenoxy) is 2. The summed E-state index contributed by atoms with van der Waals surface area (Å²) in [6.07, 6.45) is -2.49. The number of aliphatic hydroxyl groups excluding tert-OH is 1. The summed E-state index contributed by atoms with van der Waals surface area (Å²) in [6, 6.07) is 4.82. The molecule has 11 heteroatoms. The van der Waals surface area contributed by atoms with E-state index in [9.17, 15) is 36.2 Å². The van der Waals surface area contributed by atoms with Gasteiger partial charge >= 0.3 is 13.2 Å². The van der Waals surface area contributed by atoms with Gasteiger partial charge in [-0.2, -0.15) is 17.6 Å². The molecule has 1 saturated carbocycles. The quantitative estimate of drug-likeness (QED) is 0.478. The van der Waals surface area contributed by atoms with Gasteiger partial charge in [0.05, 0.1) is 18.2 Å². The summed E-state index contributed by atoms with van der Waals surface area (Å²) in [5.41, 5.74) is -0.298. The Hall–Kier alpha value is -2.43. The van der Waals surface area contributed by atoms with E-state index in [1.54, 1.807) is 0 Å². The van der Waals surface area contributed by atoms with E-state index in [4.69, 9.17) is 0 Å². The number of carbonyl (C=O) groups is 1. The first kappa shape index (κ1) is 21.9. The molecule has 0 radical (unpaired) electrons. The molecule has 0 aromatic heterocycles. The molecule has 1 aromatic rings. The molecule has 0 aliphatic heterocycles. The summed E-state index contributed by atoms with van der Waals surface area (Å²) in [6.45, 7) is -6.33. The Morgan fingerprint density at radius 1 is 1.25 bits per heavy atom. The van der Waals surface area contributed by atoms with Crippen molar-refractivity contribution in [1.29, 1.82) is 0 Å². The lowest BCUT2D eigenvalue weighted by atomic mass is 9.76. The normalized spacial score (nSPS) is 18.0. The van der Waals surface area contributed by atoms with Gasteiger partial charge in [0.2, 0.25) is 11.8 Å². The van der Waals surface area contributed by atoms with Crippen LogP contribution in [-0.4, -0.2) is 36.3 Å². The van der Waals surface area contributed by atoms with Crippen LogP contribution in [0, 0.1) is 5.92 Å². The predicted octanol–water partition coefficient (Wildman–Crippen LogP) is 3.74. The van der Waals surface area contributed by atoms with E-state index in [-0.39, 0.29) is 17.0 Å². The van der Waals surface area contributed by atoms with Gasteiger partial charge in [0.25, 0.3) is 0 Å². The molecular weight excluding hydrogens is 396 g/mol. The van der Waals surface area contributed by atoms with Gasteiger partial charge in [-0.1, -0.05) is 12.1 Å². The van der Waals surface area contributed by atoms with Crippen LogP contribution in [0.4, 0.5) is 26.3 Å². The van der Waals surface area contributed by atoms with Crippen molar-refractivity contribution < 1.29 is 45.7 Å². The summed E-state index contributed by atoms with van der Waals surface area (Å²) in [5, 5.41) is 12.0. The van der Waals surface area contributed by atoms with Gasteiger partial charge < -0.3 is 19.9 Å². The maximum absolute atomic E-state index is 12.8. The van der Waals surface area contributed by atoms with Crippen molar-refractivity contribution in [3.8, 4) is 5.75 Å². The Morgan fingerprint density at radius 3 is 2.50 bits per heavy atom. The second kappa shape index (κ2) is 9.18. The summed E-state index contributed by atoms with van der Waals surface area (Å²) in [4.78, 5) is 12.1. The van der Waals surface area contributed by atoms with Gasteiger partial charge in [0.1, 0.15) is 12.0 Å². The lowest BCUT2D eigenvalue weighted by Crippen LogP contribution is -2.43. The first-order chi connectivity index (χ1) is 13.1. The highest BCUT2D eigenvalue weighted by atomic mass is 19.3. The summed E-state index contributed by atoms with van der Waals surface area (Å²) in [5.74, 6) is -4.77. The van der Waals surface area contributed by atoms with E-state index >= 15 is 0 Å². The molecule has 1 aliphatic carbocycles. The lowest BCUT2D eigenvalue weighted by molar-refractivity contribution is -0.147. The third-order valence-electron chi connectivity index (χ3n) is 3.99. The predicted molar refractivity (Wildman–Crippen MR) is 84.6 cm³/mol. The van der Waals surface area contributed by atoms with Crippen molar-refractivity contribution in [3.63, 3.8) is 0 Å². The van der Waals surface area contributed by atoms with E-state index in [2.05, 4.69) is 14.8 Å². The van der Waals surface area contributed by atoms with Gasteiger partial charge in [-0.15, -0.1) is 0 Å². The standard InChI is InChI=1S/C17H17F6NO4/c18-15(19)27-8-12(9-2-1-3-11(4-9)28-16(20)21)24-14(26)5-13(25)10-6-17(22,23)7-10/h1-4,8,10,13,15-16,25H,5-7H2,(H,24,26)/b12-8+. The molecule has 156 valence electrons. The maximum Gasteiger partial charge on any atom is 0.387 e. The topological polar surface area (TPSA) is 67.8 Å². The number of alkyl halides is 6. The second-order valence-electron chi connectivity index (χ2n) is 6.18. The number of hydrogen-bond acceptors (Lipinski definition) is 4. The van der Waals surface area contributed by atoms with E-state index in [1.165, 1.54) is 18.2 Å². The van der Waals surface area contributed by atoms with Gasteiger partial charge in [-0.3, -0.25) is 4.79 Å². The molecule has 1 atom stereocenters. The van der Waals surface area contributed by atoms with Crippen LogP contribution < -0.4 is 10.1 Å².